The van der Waals surface area contributed by atoms with E-state index in [0.717, 1.165) is 6.07 Å². The molecular weight excluding hydrogens is 242 g/mol. The molecule has 0 unspecified atom stereocenters. The van der Waals surface area contributed by atoms with Crippen LogP contribution < -0.4 is 5.32 Å². The molecule has 0 atom stereocenters. The molecule has 0 saturated heterocycles. The highest BCUT2D eigenvalue weighted by Crippen LogP contribution is 2.14. The molecule has 18 heavy (non-hydrogen) atoms. The van der Waals surface area contributed by atoms with Gasteiger partial charge in [-0.1, -0.05) is 0 Å². The van der Waals surface area contributed by atoms with Crippen LogP contribution in [0.5, 0.6) is 0 Å². The lowest BCUT2D eigenvalue weighted by atomic mass is 10.3. The second-order valence-electron chi connectivity index (χ2n) is 3.99. The number of aliphatic hydroxyl groups is 1. The van der Waals surface area contributed by atoms with Crippen molar-refractivity contribution < 1.29 is 18.7 Å². The Morgan fingerprint density at radius 1 is 1.44 bits per heavy atom. The van der Waals surface area contributed by atoms with Crippen LogP contribution in [0.2, 0.25) is 0 Å². The second kappa shape index (κ2) is 7.03. The molecular formula is C12H16F2N2O2. The summed E-state index contributed by atoms with van der Waals surface area (Å²) in [7, 11) is 1.72. The Morgan fingerprint density at radius 3 is 2.78 bits per heavy atom. The fraction of sp³-hybridized carbons (Fsp3) is 0.417. The van der Waals surface area contributed by atoms with Gasteiger partial charge in [-0.05, 0) is 25.6 Å². The van der Waals surface area contributed by atoms with Gasteiger partial charge in [0.1, 0.15) is 11.6 Å². The Hall–Kier alpha value is -1.53. The van der Waals surface area contributed by atoms with E-state index in [1.807, 2.05) is 0 Å². The largest absolute Gasteiger partial charge is 0.396 e. The summed E-state index contributed by atoms with van der Waals surface area (Å²) in [6.07, 6.45) is 0.564. The average Bonchev–Trinajstić information content (AvgIpc) is 2.30. The van der Waals surface area contributed by atoms with Gasteiger partial charge in [-0.2, -0.15) is 0 Å². The smallest absolute Gasteiger partial charge is 0.238 e. The molecule has 0 radical (unpaired) electrons. The molecule has 0 bridgehead atoms. The van der Waals surface area contributed by atoms with Gasteiger partial charge in [0.25, 0.3) is 0 Å². The molecule has 6 heteroatoms. The number of hydrogen-bond acceptors (Lipinski definition) is 3. The molecule has 0 fully saturated rings. The fourth-order valence-corrected chi connectivity index (χ4v) is 1.45. The van der Waals surface area contributed by atoms with Gasteiger partial charge in [0, 0.05) is 19.2 Å². The highest BCUT2D eigenvalue weighted by atomic mass is 19.1. The zero-order valence-electron chi connectivity index (χ0n) is 10.1. The molecule has 4 nitrogen and oxygen atoms in total. The Balaban J connectivity index is 2.49. The normalized spacial score (nSPS) is 10.7. The summed E-state index contributed by atoms with van der Waals surface area (Å²) in [5, 5.41) is 11.0. The van der Waals surface area contributed by atoms with Crippen molar-refractivity contribution >= 4 is 11.6 Å². The van der Waals surface area contributed by atoms with Gasteiger partial charge in [0.2, 0.25) is 5.91 Å². The maximum Gasteiger partial charge on any atom is 0.238 e. The van der Waals surface area contributed by atoms with Crippen LogP contribution in [0.15, 0.2) is 18.2 Å². The lowest BCUT2D eigenvalue weighted by Gasteiger charge is -2.15. The molecule has 0 aromatic heterocycles. The van der Waals surface area contributed by atoms with E-state index in [9.17, 15) is 13.6 Å². The quantitative estimate of drug-likeness (QED) is 0.806. The first-order valence-corrected chi connectivity index (χ1v) is 5.57. The monoisotopic (exact) mass is 258 g/mol. The highest BCUT2D eigenvalue weighted by Gasteiger charge is 2.10. The zero-order valence-corrected chi connectivity index (χ0v) is 10.1. The fourth-order valence-electron chi connectivity index (χ4n) is 1.45. The summed E-state index contributed by atoms with van der Waals surface area (Å²) < 4.78 is 25.9. The first-order chi connectivity index (χ1) is 8.52. The third-order valence-corrected chi connectivity index (χ3v) is 2.32. The maximum atomic E-state index is 13.2. The second-order valence-corrected chi connectivity index (χ2v) is 3.99. The summed E-state index contributed by atoms with van der Waals surface area (Å²) in [6, 6.07) is 2.97. The third kappa shape index (κ3) is 4.77. The van der Waals surface area contributed by atoms with Crippen LogP contribution in [0.1, 0.15) is 6.42 Å². The van der Waals surface area contributed by atoms with Gasteiger partial charge < -0.3 is 10.4 Å². The summed E-state index contributed by atoms with van der Waals surface area (Å²) in [4.78, 5) is 13.2. The number of carbonyl (C=O) groups excluding carboxylic acids is 1. The van der Waals surface area contributed by atoms with Gasteiger partial charge in [-0.15, -0.1) is 0 Å². The lowest BCUT2D eigenvalue weighted by Crippen LogP contribution is -2.31. The van der Waals surface area contributed by atoms with Gasteiger partial charge in [0.15, 0.2) is 0 Å². The molecule has 0 saturated carbocycles. The minimum Gasteiger partial charge on any atom is -0.396 e. The number of halogens is 2. The van der Waals surface area contributed by atoms with E-state index in [1.54, 1.807) is 11.9 Å². The van der Waals surface area contributed by atoms with Gasteiger partial charge in [-0.25, -0.2) is 8.78 Å². The Kier molecular flexibility index (Phi) is 5.67. The number of amides is 1. The first kappa shape index (κ1) is 14.5. The zero-order chi connectivity index (χ0) is 13.5. The van der Waals surface area contributed by atoms with E-state index in [-0.39, 0.29) is 24.7 Å². The van der Waals surface area contributed by atoms with Gasteiger partial charge in [-0.3, -0.25) is 9.69 Å². The van der Waals surface area contributed by atoms with E-state index >= 15 is 0 Å². The first-order valence-electron chi connectivity index (χ1n) is 5.57. The number of rotatable bonds is 6. The lowest BCUT2D eigenvalue weighted by molar-refractivity contribution is -0.117. The minimum atomic E-state index is -0.804. The molecule has 1 aromatic rings. The molecule has 0 aliphatic carbocycles. The molecule has 1 rings (SSSR count). The van der Waals surface area contributed by atoms with Crippen molar-refractivity contribution in [2.45, 2.75) is 6.42 Å². The van der Waals surface area contributed by atoms with Crippen LogP contribution in [0.25, 0.3) is 0 Å². The average molecular weight is 258 g/mol. The number of benzene rings is 1. The molecule has 100 valence electrons. The number of likely N-dealkylation sites (N-methyl/N-ethyl adjacent to an activating group) is 1. The Morgan fingerprint density at radius 2 is 2.17 bits per heavy atom. The molecule has 1 amide bonds. The van der Waals surface area contributed by atoms with Crippen LogP contribution >= 0.6 is 0 Å². The highest BCUT2D eigenvalue weighted by molar-refractivity contribution is 5.92. The van der Waals surface area contributed by atoms with Crippen molar-refractivity contribution in [3.05, 3.63) is 29.8 Å². The van der Waals surface area contributed by atoms with Crippen molar-refractivity contribution in [3.63, 3.8) is 0 Å². The topological polar surface area (TPSA) is 52.6 Å². The number of anilines is 1. The van der Waals surface area contributed by atoms with Crippen molar-refractivity contribution in [1.82, 2.24) is 4.90 Å². The van der Waals surface area contributed by atoms with Crippen molar-refractivity contribution in [3.8, 4) is 0 Å². The Bertz CT molecular complexity index is 413. The molecule has 0 spiro atoms. The minimum absolute atomic E-state index is 0.0445. The number of nitrogens with one attached hydrogen (secondary N) is 1. The molecule has 0 heterocycles. The molecule has 2 N–H and O–H groups in total. The summed E-state index contributed by atoms with van der Waals surface area (Å²) >= 11 is 0. The summed E-state index contributed by atoms with van der Waals surface area (Å²) in [6.45, 7) is 0.700. The SMILES string of the molecule is CN(CCCO)CC(=O)Nc1ccc(F)cc1F. The van der Waals surface area contributed by atoms with Crippen LogP contribution in [0.3, 0.4) is 0 Å². The predicted molar refractivity (Wildman–Crippen MR) is 64.2 cm³/mol. The van der Waals surface area contributed by atoms with Crippen LogP contribution in [-0.2, 0) is 4.79 Å². The predicted octanol–water partition coefficient (Wildman–Crippen LogP) is 1.22. The van der Waals surface area contributed by atoms with Crippen LogP contribution in [0, 0.1) is 11.6 Å². The standard InChI is InChI=1S/C12H16F2N2O2/c1-16(5-2-6-17)8-12(18)15-11-4-3-9(13)7-10(11)14/h3-4,7,17H,2,5-6,8H2,1H3,(H,15,18). The van der Waals surface area contributed by atoms with Gasteiger partial charge >= 0.3 is 0 Å². The van der Waals surface area contributed by atoms with Crippen molar-refractivity contribution in [2.75, 3.05) is 32.1 Å². The molecule has 0 aliphatic rings. The molecule has 1 aromatic carbocycles. The van der Waals surface area contributed by atoms with Crippen LogP contribution in [-0.4, -0.2) is 42.7 Å². The van der Waals surface area contributed by atoms with Crippen LogP contribution in [0.4, 0.5) is 14.5 Å². The van der Waals surface area contributed by atoms with Gasteiger partial charge in [0.05, 0.1) is 12.2 Å². The Labute approximate surface area is 104 Å². The van der Waals surface area contributed by atoms with E-state index < -0.39 is 11.6 Å². The summed E-state index contributed by atoms with van der Waals surface area (Å²) in [5.74, 6) is -1.88. The van der Waals surface area contributed by atoms with E-state index in [4.69, 9.17) is 5.11 Å². The van der Waals surface area contributed by atoms with Crippen molar-refractivity contribution in [2.24, 2.45) is 0 Å². The molecule has 0 aliphatic heterocycles. The number of nitrogens with zero attached hydrogens (tertiary/aromatic N) is 1. The number of carbonyl (C=O) groups is 1. The number of aliphatic hydroxyl groups excluding tert-OH is 1. The van der Waals surface area contributed by atoms with E-state index in [1.165, 1.54) is 6.07 Å². The van der Waals surface area contributed by atoms with E-state index in [2.05, 4.69) is 5.32 Å². The number of hydrogen-bond donors (Lipinski definition) is 2. The van der Waals surface area contributed by atoms with E-state index in [0.29, 0.717) is 19.0 Å². The van der Waals surface area contributed by atoms with Crippen molar-refractivity contribution in [1.29, 1.82) is 0 Å². The maximum absolute atomic E-state index is 13.2. The third-order valence-electron chi connectivity index (χ3n) is 2.32. The summed E-state index contributed by atoms with van der Waals surface area (Å²) in [5.41, 5.74) is -0.0445.